The van der Waals surface area contributed by atoms with E-state index >= 15 is 0 Å². The Morgan fingerprint density at radius 1 is 1.00 bits per heavy atom. The summed E-state index contributed by atoms with van der Waals surface area (Å²) in [6.07, 6.45) is 3.05. The molecule has 0 aliphatic carbocycles. The van der Waals surface area contributed by atoms with Gasteiger partial charge in [0.1, 0.15) is 6.79 Å². The van der Waals surface area contributed by atoms with Gasteiger partial charge in [-0.3, -0.25) is 0 Å². The number of ether oxygens (including phenoxy) is 3. The summed E-state index contributed by atoms with van der Waals surface area (Å²) in [5.74, 6) is 0. The predicted octanol–water partition coefficient (Wildman–Crippen LogP) is 4.95. The fourth-order valence-electron chi connectivity index (χ4n) is 2.60. The van der Waals surface area contributed by atoms with Crippen LogP contribution in [0, 0.1) is 6.92 Å². The van der Waals surface area contributed by atoms with Crippen molar-refractivity contribution in [3.63, 3.8) is 0 Å². The number of benzene rings is 2. The summed E-state index contributed by atoms with van der Waals surface area (Å²) in [6, 6.07) is 18.9. The van der Waals surface area contributed by atoms with Crippen LogP contribution < -0.4 is 0 Å². The van der Waals surface area contributed by atoms with Crippen LogP contribution in [0.3, 0.4) is 0 Å². The predicted molar refractivity (Wildman–Crippen MR) is 103 cm³/mol. The third-order valence-electron chi connectivity index (χ3n) is 4.01. The van der Waals surface area contributed by atoms with E-state index in [0.29, 0.717) is 13.2 Å². The third-order valence-corrected chi connectivity index (χ3v) is 4.01. The van der Waals surface area contributed by atoms with Gasteiger partial charge in [-0.15, -0.1) is 0 Å². The Kier molecular flexibility index (Phi) is 8.40. The lowest BCUT2D eigenvalue weighted by Gasteiger charge is -2.21. The number of methoxy groups -OCH3 is 1. The second-order valence-electron chi connectivity index (χ2n) is 5.96. The molecule has 0 radical (unpaired) electrons. The highest BCUT2D eigenvalue weighted by molar-refractivity contribution is 5.83. The lowest BCUT2D eigenvalue weighted by Crippen LogP contribution is -2.17. The largest absolute Gasteiger partial charge is 0.382 e. The van der Waals surface area contributed by atoms with Gasteiger partial charge in [-0.1, -0.05) is 67.1 Å². The molecule has 1 unspecified atom stereocenters. The van der Waals surface area contributed by atoms with Crippen molar-refractivity contribution in [3.05, 3.63) is 71.3 Å². The monoisotopic (exact) mass is 340 g/mol. The van der Waals surface area contributed by atoms with Crippen LogP contribution in [0.5, 0.6) is 0 Å². The van der Waals surface area contributed by atoms with E-state index in [4.69, 9.17) is 14.2 Å². The minimum absolute atomic E-state index is 0.0227. The van der Waals surface area contributed by atoms with Gasteiger partial charge < -0.3 is 14.2 Å². The zero-order chi connectivity index (χ0) is 17.9. The fourth-order valence-corrected chi connectivity index (χ4v) is 2.60. The van der Waals surface area contributed by atoms with Crippen LogP contribution in [0.4, 0.5) is 0 Å². The normalized spacial score (nSPS) is 13.0. The van der Waals surface area contributed by atoms with Crippen molar-refractivity contribution in [3.8, 4) is 0 Å². The molecule has 1 atom stereocenters. The molecule has 0 heterocycles. The van der Waals surface area contributed by atoms with Crippen LogP contribution >= 0.6 is 0 Å². The first-order chi connectivity index (χ1) is 12.2. The van der Waals surface area contributed by atoms with Gasteiger partial charge >= 0.3 is 0 Å². The topological polar surface area (TPSA) is 27.7 Å². The van der Waals surface area contributed by atoms with Gasteiger partial charge in [-0.25, -0.2) is 0 Å². The molecule has 0 aliphatic heterocycles. The van der Waals surface area contributed by atoms with E-state index in [1.54, 1.807) is 7.11 Å². The first kappa shape index (κ1) is 19.4. The molecule has 3 heteroatoms. The van der Waals surface area contributed by atoms with Gasteiger partial charge in [-0.2, -0.15) is 0 Å². The molecular formula is C22H28O3. The molecule has 0 aromatic heterocycles. The lowest BCUT2D eigenvalue weighted by atomic mass is 9.95. The highest BCUT2D eigenvalue weighted by Gasteiger charge is 2.15. The van der Waals surface area contributed by atoms with Crippen LogP contribution in [0.15, 0.2) is 54.6 Å². The Morgan fingerprint density at radius 3 is 2.36 bits per heavy atom. The third kappa shape index (κ3) is 6.46. The molecule has 0 amide bonds. The zero-order valence-electron chi connectivity index (χ0n) is 15.4. The summed E-state index contributed by atoms with van der Waals surface area (Å²) in [5.41, 5.74) is 4.77. The minimum atomic E-state index is -0.0227. The second-order valence-corrected chi connectivity index (χ2v) is 5.96. The molecule has 134 valence electrons. The van der Waals surface area contributed by atoms with E-state index < -0.39 is 0 Å². The molecule has 2 rings (SSSR count). The summed E-state index contributed by atoms with van der Waals surface area (Å²) >= 11 is 0. The molecular weight excluding hydrogens is 312 g/mol. The number of hydrogen-bond acceptors (Lipinski definition) is 3. The van der Waals surface area contributed by atoms with Crippen LogP contribution in [-0.4, -0.2) is 33.2 Å². The highest BCUT2D eigenvalue weighted by atomic mass is 16.7. The lowest BCUT2D eigenvalue weighted by molar-refractivity contribution is -0.0825. The Morgan fingerprint density at radius 2 is 1.72 bits per heavy atom. The van der Waals surface area contributed by atoms with Gasteiger partial charge in [0, 0.05) is 7.11 Å². The van der Waals surface area contributed by atoms with Gasteiger partial charge in [0.2, 0.25) is 0 Å². The van der Waals surface area contributed by atoms with Crippen molar-refractivity contribution in [1.82, 2.24) is 0 Å². The van der Waals surface area contributed by atoms with Crippen LogP contribution in [0.1, 0.15) is 30.0 Å². The van der Waals surface area contributed by atoms with Crippen molar-refractivity contribution in [1.29, 1.82) is 0 Å². The zero-order valence-corrected chi connectivity index (χ0v) is 15.4. The summed E-state index contributed by atoms with van der Waals surface area (Å²) < 4.78 is 16.5. The smallest absolute Gasteiger partial charge is 0.147 e. The fraction of sp³-hybridized carbons (Fsp3) is 0.364. The molecule has 0 fully saturated rings. The molecule has 3 nitrogen and oxygen atoms in total. The maximum absolute atomic E-state index is 6.01. The summed E-state index contributed by atoms with van der Waals surface area (Å²) in [6.45, 7) is 5.61. The van der Waals surface area contributed by atoms with E-state index in [2.05, 4.69) is 56.3 Å². The molecule has 0 saturated carbocycles. The van der Waals surface area contributed by atoms with E-state index in [0.717, 1.165) is 6.42 Å². The van der Waals surface area contributed by atoms with Gasteiger partial charge in [-0.05, 0) is 36.1 Å². The van der Waals surface area contributed by atoms with E-state index in [9.17, 15) is 0 Å². The molecule has 0 saturated heterocycles. The maximum atomic E-state index is 6.01. The Bertz CT molecular complexity index is 632. The Hall–Kier alpha value is -1.94. The quantitative estimate of drug-likeness (QED) is 0.348. The number of hydrogen-bond donors (Lipinski definition) is 0. The summed E-state index contributed by atoms with van der Waals surface area (Å²) in [4.78, 5) is 0. The van der Waals surface area contributed by atoms with Gasteiger partial charge in [0.25, 0.3) is 0 Å². The van der Waals surface area contributed by atoms with Gasteiger partial charge in [0.15, 0.2) is 0 Å². The number of aryl methyl sites for hydroxylation is 1. The van der Waals surface area contributed by atoms with E-state index in [-0.39, 0.29) is 12.9 Å². The van der Waals surface area contributed by atoms with Crippen LogP contribution in [-0.2, 0) is 14.2 Å². The van der Waals surface area contributed by atoms with Crippen molar-refractivity contribution in [2.24, 2.45) is 0 Å². The van der Waals surface area contributed by atoms with Crippen molar-refractivity contribution in [2.75, 3.05) is 27.1 Å². The highest BCUT2D eigenvalue weighted by Crippen LogP contribution is 2.26. The standard InChI is InChI=1S/C22H28O3/c1-4-22(25-17-24-15-14-23-3)21(16-19-8-6-5-7-9-19)20-12-10-18(2)11-13-20/h5-13,16,22H,4,14-15,17H2,1-3H3/b21-16-. The molecule has 2 aromatic rings. The first-order valence-electron chi connectivity index (χ1n) is 8.76. The van der Waals surface area contributed by atoms with E-state index in [1.165, 1.54) is 22.3 Å². The van der Waals surface area contributed by atoms with Gasteiger partial charge in [0.05, 0.1) is 19.3 Å². The Balaban J connectivity index is 2.20. The maximum Gasteiger partial charge on any atom is 0.147 e. The SMILES string of the molecule is CCC(OCOCCOC)/C(=C\c1ccccc1)c1ccc(C)cc1. The first-order valence-corrected chi connectivity index (χ1v) is 8.76. The van der Waals surface area contributed by atoms with Crippen LogP contribution in [0.25, 0.3) is 11.6 Å². The van der Waals surface area contributed by atoms with Crippen molar-refractivity contribution in [2.45, 2.75) is 26.4 Å². The minimum Gasteiger partial charge on any atom is -0.382 e. The average Bonchev–Trinajstić information content (AvgIpc) is 2.65. The summed E-state index contributed by atoms with van der Waals surface area (Å²) in [5, 5.41) is 0. The molecule has 25 heavy (non-hydrogen) atoms. The van der Waals surface area contributed by atoms with Crippen molar-refractivity contribution >= 4 is 11.6 Å². The average molecular weight is 340 g/mol. The molecule has 0 aliphatic rings. The number of rotatable bonds is 10. The van der Waals surface area contributed by atoms with Crippen LogP contribution in [0.2, 0.25) is 0 Å². The molecule has 0 bridgehead atoms. The van der Waals surface area contributed by atoms with Crippen molar-refractivity contribution < 1.29 is 14.2 Å². The summed E-state index contributed by atoms with van der Waals surface area (Å²) in [7, 11) is 1.66. The molecule has 0 spiro atoms. The second kappa shape index (κ2) is 10.8. The molecule has 0 N–H and O–H groups in total. The Labute approximate surface area is 151 Å². The van der Waals surface area contributed by atoms with E-state index in [1.807, 2.05) is 18.2 Å². The molecule has 2 aromatic carbocycles.